The second-order valence-electron chi connectivity index (χ2n) is 6.04. The molecule has 1 aromatic heterocycles. The number of carbonyl (C=O) groups excluding carboxylic acids is 1. The highest BCUT2D eigenvalue weighted by Crippen LogP contribution is 2.18. The Bertz CT molecular complexity index is 979. The second-order valence-corrected chi connectivity index (χ2v) is 6.48. The molecule has 0 saturated carbocycles. The summed E-state index contributed by atoms with van der Waals surface area (Å²) in [4.78, 5) is 24.7. The van der Waals surface area contributed by atoms with E-state index in [-0.39, 0.29) is 11.5 Å². The zero-order valence-electron chi connectivity index (χ0n) is 14.4. The van der Waals surface area contributed by atoms with Crippen molar-refractivity contribution in [2.75, 3.05) is 5.32 Å². The number of hydrogen-bond donors (Lipinski definition) is 1. The van der Waals surface area contributed by atoms with Gasteiger partial charge in [-0.2, -0.15) is 5.10 Å². The van der Waals surface area contributed by atoms with Crippen molar-refractivity contribution in [1.29, 1.82) is 0 Å². The summed E-state index contributed by atoms with van der Waals surface area (Å²) in [5.41, 5.74) is 2.93. The molecule has 0 fully saturated rings. The Labute approximate surface area is 156 Å². The minimum atomic E-state index is -0.761. The van der Waals surface area contributed by atoms with Crippen LogP contribution in [0.3, 0.4) is 0 Å². The fraction of sp³-hybridized carbons (Fsp3) is 0.150. The third-order valence-corrected chi connectivity index (χ3v) is 4.28. The Balaban J connectivity index is 1.86. The third-order valence-electron chi connectivity index (χ3n) is 4.03. The van der Waals surface area contributed by atoms with Gasteiger partial charge in [0.15, 0.2) is 0 Å². The Morgan fingerprint density at radius 3 is 2.35 bits per heavy atom. The molecule has 1 heterocycles. The topological polar surface area (TPSA) is 64.0 Å². The second kappa shape index (κ2) is 7.54. The molecule has 132 valence electrons. The van der Waals surface area contributed by atoms with Crippen molar-refractivity contribution >= 4 is 23.2 Å². The van der Waals surface area contributed by atoms with Crippen molar-refractivity contribution in [3.05, 3.63) is 81.6 Å². The molecular formula is C20H18ClN3O2. The molecule has 5 nitrogen and oxygen atoms in total. The average molecular weight is 368 g/mol. The van der Waals surface area contributed by atoms with Gasteiger partial charge >= 0.3 is 0 Å². The van der Waals surface area contributed by atoms with Crippen molar-refractivity contribution in [2.24, 2.45) is 0 Å². The average Bonchev–Trinajstić information content (AvgIpc) is 2.64. The fourth-order valence-corrected chi connectivity index (χ4v) is 2.60. The monoisotopic (exact) mass is 367 g/mol. The zero-order chi connectivity index (χ0) is 18.7. The number of rotatable bonds is 4. The maximum absolute atomic E-state index is 12.5. The van der Waals surface area contributed by atoms with Gasteiger partial charge in [0.1, 0.15) is 6.04 Å². The van der Waals surface area contributed by atoms with Crippen LogP contribution in [-0.4, -0.2) is 15.7 Å². The number of anilines is 1. The highest BCUT2D eigenvalue weighted by Gasteiger charge is 2.18. The molecule has 3 rings (SSSR count). The van der Waals surface area contributed by atoms with Gasteiger partial charge in [-0.15, -0.1) is 0 Å². The summed E-state index contributed by atoms with van der Waals surface area (Å²) in [6.45, 7) is 3.64. The number of nitrogens with one attached hydrogen (secondary N) is 1. The van der Waals surface area contributed by atoms with Gasteiger partial charge in [-0.1, -0.05) is 41.4 Å². The molecule has 2 aromatic carbocycles. The molecule has 0 aliphatic rings. The van der Waals surface area contributed by atoms with Crippen LogP contribution < -0.4 is 10.9 Å². The van der Waals surface area contributed by atoms with Crippen molar-refractivity contribution in [3.8, 4) is 11.3 Å². The molecule has 1 N–H and O–H groups in total. The molecule has 6 heteroatoms. The maximum atomic E-state index is 12.5. The summed E-state index contributed by atoms with van der Waals surface area (Å²) in [7, 11) is 0. The van der Waals surface area contributed by atoms with E-state index in [1.54, 1.807) is 37.3 Å². The van der Waals surface area contributed by atoms with E-state index in [9.17, 15) is 9.59 Å². The first kappa shape index (κ1) is 17.9. The normalized spacial score (nSPS) is 11.8. The Morgan fingerprint density at radius 2 is 1.69 bits per heavy atom. The highest BCUT2D eigenvalue weighted by molar-refractivity contribution is 6.30. The molecule has 3 aromatic rings. The Hall–Kier alpha value is -2.92. The zero-order valence-corrected chi connectivity index (χ0v) is 15.2. The first-order valence-electron chi connectivity index (χ1n) is 8.17. The molecule has 0 aliphatic carbocycles. The summed E-state index contributed by atoms with van der Waals surface area (Å²) < 4.78 is 1.19. The first-order chi connectivity index (χ1) is 12.4. The van der Waals surface area contributed by atoms with E-state index < -0.39 is 6.04 Å². The lowest BCUT2D eigenvalue weighted by Gasteiger charge is -2.15. The van der Waals surface area contributed by atoms with E-state index in [4.69, 9.17) is 11.6 Å². The number of benzene rings is 2. The minimum Gasteiger partial charge on any atom is -0.324 e. The SMILES string of the molecule is Cc1ccc(-c2ccc(=O)n([C@@H](C)C(=O)Nc3ccc(Cl)cc3)n2)cc1. The van der Waals surface area contributed by atoms with Crippen molar-refractivity contribution in [1.82, 2.24) is 9.78 Å². The van der Waals surface area contributed by atoms with E-state index >= 15 is 0 Å². The van der Waals surface area contributed by atoms with E-state index in [1.165, 1.54) is 10.7 Å². The minimum absolute atomic E-state index is 0.331. The van der Waals surface area contributed by atoms with Crippen molar-refractivity contribution in [2.45, 2.75) is 19.9 Å². The fourth-order valence-electron chi connectivity index (χ4n) is 2.47. The van der Waals surface area contributed by atoms with Crippen LogP contribution >= 0.6 is 11.6 Å². The largest absolute Gasteiger partial charge is 0.324 e. The van der Waals surface area contributed by atoms with Crippen molar-refractivity contribution in [3.63, 3.8) is 0 Å². The molecule has 0 bridgehead atoms. The number of carbonyl (C=O) groups is 1. The Kier molecular flexibility index (Phi) is 5.19. The standard InChI is InChI=1S/C20H18ClN3O2/c1-13-3-5-15(6-4-13)18-11-12-19(25)24(23-18)14(2)20(26)22-17-9-7-16(21)8-10-17/h3-12,14H,1-2H3,(H,22,26)/t14-/m0/s1. The lowest BCUT2D eigenvalue weighted by Crippen LogP contribution is -2.33. The van der Waals surface area contributed by atoms with Gasteiger partial charge in [0.25, 0.3) is 5.56 Å². The molecule has 0 spiro atoms. The molecule has 0 unspecified atom stereocenters. The third kappa shape index (κ3) is 4.00. The number of hydrogen-bond acceptors (Lipinski definition) is 3. The smallest absolute Gasteiger partial charge is 0.267 e. The molecule has 0 saturated heterocycles. The lowest BCUT2D eigenvalue weighted by molar-refractivity contribution is -0.119. The van der Waals surface area contributed by atoms with Crippen LogP contribution in [-0.2, 0) is 4.79 Å². The van der Waals surface area contributed by atoms with Crippen LogP contribution in [0.1, 0.15) is 18.5 Å². The van der Waals surface area contributed by atoms with Gasteiger partial charge in [-0.3, -0.25) is 9.59 Å². The van der Waals surface area contributed by atoms with Gasteiger partial charge in [0.2, 0.25) is 5.91 Å². The van der Waals surface area contributed by atoms with Crippen LogP contribution in [0, 0.1) is 6.92 Å². The molecular weight excluding hydrogens is 350 g/mol. The van der Waals surface area contributed by atoms with Gasteiger partial charge in [0, 0.05) is 22.3 Å². The van der Waals surface area contributed by atoms with E-state index in [0.717, 1.165) is 11.1 Å². The summed E-state index contributed by atoms with van der Waals surface area (Å²) in [6.07, 6.45) is 0. The van der Waals surface area contributed by atoms with E-state index in [0.29, 0.717) is 16.4 Å². The molecule has 26 heavy (non-hydrogen) atoms. The number of amides is 1. The summed E-state index contributed by atoms with van der Waals surface area (Å²) in [5, 5.41) is 7.72. The number of aromatic nitrogens is 2. The maximum Gasteiger partial charge on any atom is 0.267 e. The molecule has 1 atom stereocenters. The van der Waals surface area contributed by atoms with Crippen LogP contribution in [0.2, 0.25) is 5.02 Å². The van der Waals surface area contributed by atoms with Gasteiger partial charge in [-0.05, 0) is 44.2 Å². The van der Waals surface area contributed by atoms with Crippen molar-refractivity contribution < 1.29 is 4.79 Å². The summed E-state index contributed by atoms with van der Waals surface area (Å²) >= 11 is 5.84. The Morgan fingerprint density at radius 1 is 1.04 bits per heavy atom. The summed E-state index contributed by atoms with van der Waals surface area (Å²) in [5.74, 6) is -0.331. The quantitative estimate of drug-likeness (QED) is 0.755. The number of nitrogens with zero attached hydrogens (tertiary/aromatic N) is 2. The van der Waals surface area contributed by atoms with E-state index in [1.807, 2.05) is 31.2 Å². The van der Waals surface area contributed by atoms with Crippen LogP contribution in [0.15, 0.2) is 65.5 Å². The molecule has 1 amide bonds. The van der Waals surface area contributed by atoms with Gasteiger partial charge in [0.05, 0.1) is 5.69 Å². The predicted octanol–water partition coefficient (Wildman–Crippen LogP) is 4.07. The van der Waals surface area contributed by atoms with E-state index in [2.05, 4.69) is 10.4 Å². The van der Waals surface area contributed by atoms with Crippen LogP contribution in [0.5, 0.6) is 0 Å². The van der Waals surface area contributed by atoms with Crippen LogP contribution in [0.25, 0.3) is 11.3 Å². The van der Waals surface area contributed by atoms with Crippen LogP contribution in [0.4, 0.5) is 5.69 Å². The number of aryl methyl sites for hydroxylation is 1. The van der Waals surface area contributed by atoms with Gasteiger partial charge < -0.3 is 5.32 Å². The van der Waals surface area contributed by atoms with Gasteiger partial charge in [-0.25, -0.2) is 4.68 Å². The predicted molar refractivity (Wildman–Crippen MR) is 103 cm³/mol. The lowest BCUT2D eigenvalue weighted by atomic mass is 10.1. The molecule has 0 aliphatic heterocycles. The first-order valence-corrected chi connectivity index (χ1v) is 8.55. The molecule has 0 radical (unpaired) electrons. The summed E-state index contributed by atoms with van der Waals surface area (Å²) in [6, 6.07) is 16.9. The number of halogens is 1. The highest BCUT2D eigenvalue weighted by atomic mass is 35.5.